The molecular formula is C22H28O5. The van der Waals surface area contributed by atoms with Crippen LogP contribution in [0.15, 0.2) is 48.5 Å². The van der Waals surface area contributed by atoms with Gasteiger partial charge in [-0.2, -0.15) is 0 Å². The second-order valence-electron chi connectivity index (χ2n) is 6.36. The molecule has 5 heteroatoms. The molecule has 2 saturated heterocycles. The van der Waals surface area contributed by atoms with E-state index in [1.54, 1.807) is 0 Å². The van der Waals surface area contributed by atoms with Crippen molar-refractivity contribution in [1.82, 2.24) is 0 Å². The van der Waals surface area contributed by atoms with Crippen LogP contribution in [0.5, 0.6) is 11.5 Å². The lowest BCUT2D eigenvalue weighted by molar-refractivity contribution is 0.162. The van der Waals surface area contributed by atoms with Gasteiger partial charge in [-0.3, -0.25) is 0 Å². The predicted molar refractivity (Wildman–Crippen MR) is 105 cm³/mol. The fraction of sp³-hybridized carbons (Fsp3) is 0.455. The molecule has 5 nitrogen and oxygen atoms in total. The van der Waals surface area contributed by atoms with Crippen LogP contribution < -0.4 is 9.47 Å². The maximum Gasteiger partial charge on any atom is 0.119 e. The molecule has 2 aromatic carbocycles. The van der Waals surface area contributed by atoms with Crippen molar-refractivity contribution in [1.29, 1.82) is 0 Å². The third-order valence-electron chi connectivity index (χ3n) is 4.13. The number of ether oxygens (including phenoxy) is 5. The summed E-state index contributed by atoms with van der Waals surface area (Å²) in [6, 6.07) is 16.2. The zero-order chi connectivity index (χ0) is 18.9. The van der Waals surface area contributed by atoms with Crippen LogP contribution in [-0.2, 0) is 14.2 Å². The Morgan fingerprint density at radius 3 is 1.33 bits per heavy atom. The molecule has 0 spiro atoms. The zero-order valence-corrected chi connectivity index (χ0v) is 16.1. The van der Waals surface area contributed by atoms with E-state index in [1.807, 2.05) is 38.1 Å². The van der Waals surface area contributed by atoms with Gasteiger partial charge < -0.3 is 23.7 Å². The van der Waals surface area contributed by atoms with E-state index in [9.17, 15) is 0 Å². The van der Waals surface area contributed by atoms with Crippen LogP contribution in [0.1, 0.15) is 13.8 Å². The molecule has 2 unspecified atom stereocenters. The Bertz CT molecular complexity index is 601. The normalized spacial score (nSPS) is 19.6. The van der Waals surface area contributed by atoms with Gasteiger partial charge in [-0.1, -0.05) is 24.3 Å². The van der Waals surface area contributed by atoms with E-state index in [0.717, 1.165) is 49.1 Å². The van der Waals surface area contributed by atoms with Crippen LogP contribution in [0.4, 0.5) is 0 Å². The van der Waals surface area contributed by atoms with E-state index in [4.69, 9.17) is 23.7 Å². The molecular weight excluding hydrogens is 344 g/mol. The van der Waals surface area contributed by atoms with E-state index in [0.29, 0.717) is 13.2 Å². The average molecular weight is 372 g/mol. The first-order valence-corrected chi connectivity index (χ1v) is 9.55. The third-order valence-corrected chi connectivity index (χ3v) is 4.13. The van der Waals surface area contributed by atoms with Crippen LogP contribution in [-0.4, -0.2) is 51.8 Å². The van der Waals surface area contributed by atoms with Gasteiger partial charge in [0.1, 0.15) is 36.9 Å². The molecule has 0 N–H and O–H groups in total. The van der Waals surface area contributed by atoms with Crippen molar-refractivity contribution in [3.8, 4) is 22.6 Å². The van der Waals surface area contributed by atoms with Crippen LogP contribution in [0.2, 0.25) is 0 Å². The molecule has 2 fully saturated rings. The largest absolute Gasteiger partial charge is 0.491 e. The number of rotatable bonds is 9. The molecule has 2 atom stereocenters. The minimum atomic E-state index is 0.285. The van der Waals surface area contributed by atoms with Gasteiger partial charge in [-0.05, 0) is 49.2 Å². The molecule has 2 heterocycles. The van der Waals surface area contributed by atoms with Crippen LogP contribution in [0.25, 0.3) is 11.1 Å². The molecule has 0 saturated carbocycles. The summed E-state index contributed by atoms with van der Waals surface area (Å²) in [5, 5.41) is 0. The molecule has 0 radical (unpaired) electrons. The molecule has 0 aliphatic carbocycles. The van der Waals surface area contributed by atoms with Crippen LogP contribution >= 0.6 is 0 Å². The summed E-state index contributed by atoms with van der Waals surface area (Å²) in [5.41, 5.74) is 2.32. The van der Waals surface area contributed by atoms with Gasteiger partial charge in [0.25, 0.3) is 0 Å². The second kappa shape index (κ2) is 10.3. The second-order valence-corrected chi connectivity index (χ2v) is 6.36. The summed E-state index contributed by atoms with van der Waals surface area (Å²) in [5.74, 6) is 1.76. The van der Waals surface area contributed by atoms with Crippen molar-refractivity contribution in [2.45, 2.75) is 26.1 Å². The van der Waals surface area contributed by atoms with Gasteiger partial charge >= 0.3 is 0 Å². The van der Waals surface area contributed by atoms with Crippen molar-refractivity contribution < 1.29 is 23.7 Å². The molecule has 146 valence electrons. The molecule has 0 bridgehead atoms. The highest BCUT2D eigenvalue weighted by Crippen LogP contribution is 2.25. The maximum absolute atomic E-state index is 5.64. The fourth-order valence-corrected chi connectivity index (χ4v) is 2.40. The van der Waals surface area contributed by atoms with Crippen LogP contribution in [0, 0.1) is 0 Å². The Balaban J connectivity index is 0.000000376. The highest BCUT2D eigenvalue weighted by atomic mass is 16.6. The fourth-order valence-electron chi connectivity index (χ4n) is 2.40. The Labute approximate surface area is 161 Å². The van der Waals surface area contributed by atoms with Crippen molar-refractivity contribution in [3.05, 3.63) is 48.5 Å². The van der Waals surface area contributed by atoms with Gasteiger partial charge in [0.15, 0.2) is 0 Å². The number of epoxide rings is 2. The van der Waals surface area contributed by atoms with Gasteiger partial charge in [-0.15, -0.1) is 0 Å². The summed E-state index contributed by atoms with van der Waals surface area (Å²) >= 11 is 0. The quantitative estimate of drug-likeness (QED) is 0.624. The Kier molecular flexibility index (Phi) is 7.51. The monoisotopic (exact) mass is 372 g/mol. The predicted octanol–water partition coefficient (Wildman–Crippen LogP) is 3.95. The van der Waals surface area contributed by atoms with Gasteiger partial charge in [-0.25, -0.2) is 0 Å². The van der Waals surface area contributed by atoms with Crippen molar-refractivity contribution in [2.24, 2.45) is 0 Å². The minimum Gasteiger partial charge on any atom is -0.491 e. The topological polar surface area (TPSA) is 52.8 Å². The zero-order valence-electron chi connectivity index (χ0n) is 16.1. The highest BCUT2D eigenvalue weighted by molar-refractivity contribution is 5.64. The van der Waals surface area contributed by atoms with Crippen molar-refractivity contribution >= 4 is 0 Å². The molecule has 27 heavy (non-hydrogen) atoms. The average Bonchev–Trinajstić information content (AvgIpc) is 3.62. The summed E-state index contributed by atoms with van der Waals surface area (Å²) < 4.78 is 26.4. The first-order valence-electron chi connectivity index (χ1n) is 9.55. The molecule has 2 aromatic rings. The van der Waals surface area contributed by atoms with Crippen LogP contribution in [0.3, 0.4) is 0 Å². The summed E-state index contributed by atoms with van der Waals surface area (Å²) in [7, 11) is 0. The molecule has 2 aliphatic heterocycles. The number of hydrogen-bond donors (Lipinski definition) is 0. The lowest BCUT2D eigenvalue weighted by atomic mass is 10.1. The summed E-state index contributed by atoms with van der Waals surface area (Å²) in [6.45, 7) is 8.57. The standard InChI is InChI=1S/C18H18O4.C4H10O/c1-5-15(19-9-17-11-21-17)6-2-13(1)14-3-7-16(8-4-14)20-10-18-12-22-18;1-3-5-4-2/h1-8,17-18H,9-12H2;3-4H2,1-2H3. The summed E-state index contributed by atoms with van der Waals surface area (Å²) in [4.78, 5) is 0. The Morgan fingerprint density at radius 1 is 0.704 bits per heavy atom. The lowest BCUT2D eigenvalue weighted by Gasteiger charge is -2.08. The molecule has 2 aliphatic rings. The van der Waals surface area contributed by atoms with Gasteiger partial charge in [0, 0.05) is 13.2 Å². The Hall–Kier alpha value is -2.08. The van der Waals surface area contributed by atoms with Crippen molar-refractivity contribution in [2.75, 3.05) is 39.6 Å². The Morgan fingerprint density at radius 2 is 1.07 bits per heavy atom. The SMILES string of the molecule is CCOCC.c1cc(-c2ccc(OCC3CO3)cc2)ccc1OCC1CO1. The number of benzene rings is 2. The van der Waals surface area contributed by atoms with E-state index < -0.39 is 0 Å². The first kappa shape index (κ1) is 19.7. The highest BCUT2D eigenvalue weighted by Gasteiger charge is 2.23. The first-order chi connectivity index (χ1) is 13.3. The van der Waals surface area contributed by atoms with E-state index in [1.165, 1.54) is 0 Å². The van der Waals surface area contributed by atoms with Gasteiger partial charge in [0.05, 0.1) is 13.2 Å². The maximum atomic E-state index is 5.64. The molecule has 0 aromatic heterocycles. The number of hydrogen-bond acceptors (Lipinski definition) is 5. The molecule has 0 amide bonds. The van der Waals surface area contributed by atoms with E-state index in [2.05, 4.69) is 24.3 Å². The van der Waals surface area contributed by atoms with Crippen molar-refractivity contribution in [3.63, 3.8) is 0 Å². The lowest BCUT2D eigenvalue weighted by Crippen LogP contribution is -2.03. The third kappa shape index (κ3) is 7.21. The molecule has 4 rings (SSSR count). The van der Waals surface area contributed by atoms with Gasteiger partial charge in [0.2, 0.25) is 0 Å². The van der Waals surface area contributed by atoms with E-state index >= 15 is 0 Å². The van der Waals surface area contributed by atoms with E-state index in [-0.39, 0.29) is 12.2 Å². The smallest absolute Gasteiger partial charge is 0.119 e. The minimum absolute atomic E-state index is 0.285. The summed E-state index contributed by atoms with van der Waals surface area (Å²) in [6.07, 6.45) is 0.571.